The molecule has 1 aromatic heterocycles. The van der Waals surface area contributed by atoms with Crippen LogP contribution in [-0.2, 0) is 11.8 Å². The van der Waals surface area contributed by atoms with Crippen LogP contribution < -0.4 is 10.6 Å². The number of piperazine rings is 1. The number of aryl methyl sites for hydroxylation is 2. The maximum Gasteiger partial charge on any atom is 0.254 e. The minimum absolute atomic E-state index is 0.0575. The van der Waals surface area contributed by atoms with Gasteiger partial charge in [0.15, 0.2) is 0 Å². The van der Waals surface area contributed by atoms with Gasteiger partial charge < -0.3 is 15.5 Å². The molecule has 1 saturated heterocycles. The number of carbonyl (C=O) groups excluding carboxylic acids is 2. The van der Waals surface area contributed by atoms with E-state index in [2.05, 4.69) is 5.10 Å². The Bertz CT molecular complexity index is 768. The summed E-state index contributed by atoms with van der Waals surface area (Å²) in [5.74, 6) is -0.270. The largest absolute Gasteiger partial charge is 0.399 e. The molecule has 1 aliphatic heterocycles. The summed E-state index contributed by atoms with van der Waals surface area (Å²) in [5, 5.41) is 4.08. The molecule has 7 heteroatoms. The van der Waals surface area contributed by atoms with E-state index >= 15 is 0 Å². The first-order valence-corrected chi connectivity index (χ1v) is 7.40. The zero-order chi connectivity index (χ0) is 16.6. The van der Waals surface area contributed by atoms with Crippen LogP contribution in [0.5, 0.6) is 0 Å². The van der Waals surface area contributed by atoms with Gasteiger partial charge in [-0.05, 0) is 24.6 Å². The summed E-state index contributed by atoms with van der Waals surface area (Å²) in [6, 6.07) is 5.24. The summed E-state index contributed by atoms with van der Waals surface area (Å²) in [4.78, 5) is 28.2. The lowest BCUT2D eigenvalue weighted by atomic mass is 10.1. The van der Waals surface area contributed by atoms with E-state index in [-0.39, 0.29) is 18.4 Å². The molecule has 23 heavy (non-hydrogen) atoms. The predicted octanol–water partition coefficient (Wildman–Crippen LogP) is 0.800. The fourth-order valence-corrected chi connectivity index (χ4v) is 2.71. The van der Waals surface area contributed by atoms with E-state index in [0.29, 0.717) is 24.3 Å². The van der Waals surface area contributed by atoms with Crippen molar-refractivity contribution in [3.63, 3.8) is 0 Å². The first-order chi connectivity index (χ1) is 11.0. The third-order valence-electron chi connectivity index (χ3n) is 4.00. The first kappa shape index (κ1) is 15.1. The molecule has 0 unspecified atom stereocenters. The number of carbonyl (C=O) groups is 2. The molecule has 0 radical (unpaired) electrons. The average Bonchev–Trinajstić information content (AvgIpc) is 2.95. The zero-order valence-electron chi connectivity index (χ0n) is 13.2. The fourth-order valence-electron chi connectivity index (χ4n) is 2.71. The van der Waals surface area contributed by atoms with Crippen molar-refractivity contribution >= 4 is 23.2 Å². The molecule has 0 aliphatic carbocycles. The Labute approximate surface area is 134 Å². The van der Waals surface area contributed by atoms with Crippen molar-refractivity contribution in [3.8, 4) is 0 Å². The van der Waals surface area contributed by atoms with E-state index in [1.807, 2.05) is 13.0 Å². The number of nitrogens with two attached hydrogens (primary N) is 1. The van der Waals surface area contributed by atoms with E-state index in [1.165, 1.54) is 0 Å². The molecule has 1 fully saturated rings. The second kappa shape index (κ2) is 5.75. The molecule has 0 spiro atoms. The molecule has 2 amide bonds. The van der Waals surface area contributed by atoms with Gasteiger partial charge in [-0.25, -0.2) is 0 Å². The van der Waals surface area contributed by atoms with Gasteiger partial charge in [0.1, 0.15) is 6.54 Å². The minimum Gasteiger partial charge on any atom is -0.399 e. The van der Waals surface area contributed by atoms with Gasteiger partial charge in [0.05, 0.1) is 11.9 Å². The smallest absolute Gasteiger partial charge is 0.254 e. The normalized spacial score (nSPS) is 15.1. The summed E-state index contributed by atoms with van der Waals surface area (Å²) >= 11 is 0. The minimum atomic E-state index is -0.158. The molecule has 0 bridgehead atoms. The van der Waals surface area contributed by atoms with Gasteiger partial charge in [-0.1, -0.05) is 6.07 Å². The number of nitrogen functional groups attached to an aromatic ring is 1. The molecule has 7 nitrogen and oxygen atoms in total. The van der Waals surface area contributed by atoms with Crippen molar-refractivity contribution in [1.82, 2.24) is 14.7 Å². The molecule has 2 N–H and O–H groups in total. The van der Waals surface area contributed by atoms with E-state index in [9.17, 15) is 9.59 Å². The summed E-state index contributed by atoms with van der Waals surface area (Å²) < 4.78 is 1.65. The number of aromatic nitrogens is 2. The summed E-state index contributed by atoms with van der Waals surface area (Å²) in [7, 11) is 1.80. The Morgan fingerprint density at radius 3 is 2.74 bits per heavy atom. The van der Waals surface area contributed by atoms with Gasteiger partial charge in [-0.15, -0.1) is 0 Å². The third kappa shape index (κ3) is 2.90. The Balaban J connectivity index is 1.76. The second-order valence-corrected chi connectivity index (χ2v) is 5.72. The van der Waals surface area contributed by atoms with Crippen LogP contribution in [-0.4, -0.2) is 46.1 Å². The van der Waals surface area contributed by atoms with Gasteiger partial charge in [0.2, 0.25) is 5.91 Å². The van der Waals surface area contributed by atoms with Gasteiger partial charge >= 0.3 is 0 Å². The van der Waals surface area contributed by atoms with Crippen molar-refractivity contribution in [2.75, 3.05) is 30.3 Å². The average molecular weight is 313 g/mol. The predicted molar refractivity (Wildman–Crippen MR) is 87.1 cm³/mol. The quantitative estimate of drug-likeness (QED) is 0.831. The molecular weight excluding hydrogens is 294 g/mol. The number of anilines is 2. The van der Waals surface area contributed by atoms with Gasteiger partial charge in [0.25, 0.3) is 5.91 Å². The fraction of sp³-hybridized carbons (Fsp3) is 0.312. The molecule has 120 valence electrons. The monoisotopic (exact) mass is 313 g/mol. The van der Waals surface area contributed by atoms with Crippen molar-refractivity contribution in [1.29, 1.82) is 0 Å². The Hall–Kier alpha value is -2.83. The van der Waals surface area contributed by atoms with Crippen LogP contribution in [0.1, 0.15) is 15.9 Å². The van der Waals surface area contributed by atoms with Crippen LogP contribution in [0.15, 0.2) is 30.6 Å². The maximum atomic E-state index is 12.6. The zero-order valence-corrected chi connectivity index (χ0v) is 13.2. The summed E-state index contributed by atoms with van der Waals surface area (Å²) in [6.07, 6.45) is 3.44. The SMILES string of the molecule is Cc1ccc(N)cc1C(=O)N1CCN(c2cnn(C)c2)C(=O)C1. The highest BCUT2D eigenvalue weighted by Crippen LogP contribution is 2.19. The second-order valence-electron chi connectivity index (χ2n) is 5.72. The van der Waals surface area contributed by atoms with Crippen LogP contribution in [0, 0.1) is 6.92 Å². The summed E-state index contributed by atoms with van der Waals surface area (Å²) in [6.45, 7) is 2.85. The lowest BCUT2D eigenvalue weighted by Crippen LogP contribution is -2.52. The topological polar surface area (TPSA) is 84.5 Å². The maximum absolute atomic E-state index is 12.6. The number of nitrogens with zero attached hydrogens (tertiary/aromatic N) is 4. The molecule has 2 heterocycles. The van der Waals surface area contributed by atoms with Gasteiger partial charge in [-0.3, -0.25) is 14.3 Å². The van der Waals surface area contributed by atoms with Crippen LogP contribution in [0.2, 0.25) is 0 Å². The molecule has 2 aromatic rings. The first-order valence-electron chi connectivity index (χ1n) is 7.40. The van der Waals surface area contributed by atoms with Crippen molar-refractivity contribution in [2.24, 2.45) is 7.05 Å². The van der Waals surface area contributed by atoms with Gasteiger partial charge in [0, 0.05) is 37.6 Å². The van der Waals surface area contributed by atoms with Crippen LogP contribution >= 0.6 is 0 Å². The Morgan fingerprint density at radius 2 is 2.09 bits per heavy atom. The van der Waals surface area contributed by atoms with E-state index in [4.69, 9.17) is 5.73 Å². The third-order valence-corrected chi connectivity index (χ3v) is 4.00. The van der Waals surface area contributed by atoms with E-state index in [1.54, 1.807) is 46.1 Å². The standard InChI is InChI=1S/C16H19N5O2/c1-11-3-4-12(17)7-14(11)16(23)20-5-6-21(15(22)10-20)13-8-18-19(2)9-13/h3-4,7-9H,5-6,10,17H2,1-2H3. The lowest BCUT2D eigenvalue weighted by molar-refractivity contribution is -0.120. The Kier molecular flexibility index (Phi) is 3.77. The van der Waals surface area contributed by atoms with E-state index in [0.717, 1.165) is 11.3 Å². The highest BCUT2D eigenvalue weighted by molar-refractivity contribution is 6.02. The van der Waals surface area contributed by atoms with Crippen molar-refractivity contribution < 1.29 is 9.59 Å². The number of benzene rings is 1. The molecule has 0 saturated carbocycles. The molecule has 1 aromatic carbocycles. The van der Waals surface area contributed by atoms with E-state index < -0.39 is 0 Å². The number of hydrogen-bond donors (Lipinski definition) is 1. The molecule has 1 aliphatic rings. The Morgan fingerprint density at radius 1 is 1.30 bits per heavy atom. The number of hydrogen-bond acceptors (Lipinski definition) is 4. The number of amides is 2. The highest BCUT2D eigenvalue weighted by atomic mass is 16.2. The highest BCUT2D eigenvalue weighted by Gasteiger charge is 2.29. The van der Waals surface area contributed by atoms with Crippen LogP contribution in [0.4, 0.5) is 11.4 Å². The van der Waals surface area contributed by atoms with Crippen molar-refractivity contribution in [3.05, 3.63) is 41.7 Å². The van der Waals surface area contributed by atoms with Crippen molar-refractivity contribution in [2.45, 2.75) is 6.92 Å². The molecule has 3 rings (SSSR count). The molecule has 0 atom stereocenters. The van der Waals surface area contributed by atoms with Crippen LogP contribution in [0.25, 0.3) is 0 Å². The summed E-state index contributed by atoms with van der Waals surface area (Å²) in [5.41, 5.74) is 8.46. The lowest BCUT2D eigenvalue weighted by Gasteiger charge is -2.33. The molecular formula is C16H19N5O2. The van der Waals surface area contributed by atoms with Gasteiger partial charge in [-0.2, -0.15) is 5.10 Å². The van der Waals surface area contributed by atoms with Crippen LogP contribution in [0.3, 0.4) is 0 Å². The number of rotatable bonds is 2.